The van der Waals surface area contributed by atoms with Crippen LogP contribution in [0.1, 0.15) is 56.2 Å². The van der Waals surface area contributed by atoms with Crippen molar-refractivity contribution in [3.05, 3.63) is 70.5 Å². The number of benzene rings is 2. The minimum Gasteiger partial charge on any atom is -0.352 e. The number of hydrogen-bond donors (Lipinski definition) is 0. The molecule has 180 valence electrons. The third-order valence-electron chi connectivity index (χ3n) is 5.55. The van der Waals surface area contributed by atoms with Gasteiger partial charge in [-0.15, -0.1) is 0 Å². The predicted octanol–water partition coefficient (Wildman–Crippen LogP) is 6.86. The van der Waals surface area contributed by atoms with Crippen molar-refractivity contribution in [2.75, 3.05) is 11.4 Å². The van der Waals surface area contributed by atoms with E-state index < -0.39 is 0 Å². The molecule has 0 N–H and O–H groups in total. The topological polar surface area (TPSA) is 64.6 Å². The van der Waals surface area contributed by atoms with E-state index in [-0.39, 0.29) is 5.97 Å². The zero-order valence-electron chi connectivity index (χ0n) is 20.3. The average molecular weight is 482 g/mol. The summed E-state index contributed by atoms with van der Waals surface area (Å²) in [7, 11) is 0. The lowest BCUT2D eigenvalue weighted by Gasteiger charge is -2.26. The maximum atomic E-state index is 11.6. The van der Waals surface area contributed by atoms with Crippen LogP contribution in [0.4, 0.5) is 5.82 Å². The highest BCUT2D eigenvalue weighted by Gasteiger charge is 2.17. The zero-order chi connectivity index (χ0) is 24.5. The summed E-state index contributed by atoms with van der Waals surface area (Å²) in [6.07, 6.45) is 4.81. The van der Waals surface area contributed by atoms with E-state index >= 15 is 0 Å². The van der Waals surface area contributed by atoms with Crippen LogP contribution in [-0.4, -0.2) is 22.5 Å². The smallest absolute Gasteiger partial charge is 0.352 e. The second kappa shape index (κ2) is 12.4. The molecule has 0 bridgehead atoms. The quantitative estimate of drug-likeness (QED) is 0.220. The van der Waals surface area contributed by atoms with Crippen LogP contribution < -0.4 is 9.79 Å². The molecule has 0 spiro atoms. The Morgan fingerprint density at radius 3 is 2.47 bits per heavy atom. The summed E-state index contributed by atoms with van der Waals surface area (Å²) in [5.74, 6) is 1.09. The second-order valence-corrected chi connectivity index (χ2v) is 8.78. The van der Waals surface area contributed by atoms with Crippen molar-refractivity contribution in [2.45, 2.75) is 59.9 Å². The summed E-state index contributed by atoms with van der Waals surface area (Å²) in [5.41, 5.74) is 4.96. The Kier molecular flexibility index (Phi) is 9.28. The number of aryl methyl sites for hydroxylation is 1. The van der Waals surface area contributed by atoms with E-state index in [0.29, 0.717) is 23.7 Å². The largest absolute Gasteiger partial charge is 0.355 e. The van der Waals surface area contributed by atoms with E-state index in [1.807, 2.05) is 50.2 Å². The van der Waals surface area contributed by atoms with Gasteiger partial charge in [0.05, 0.1) is 5.69 Å². The summed E-state index contributed by atoms with van der Waals surface area (Å²) in [6, 6.07) is 13.6. The van der Waals surface area contributed by atoms with Crippen molar-refractivity contribution in [3.8, 4) is 17.0 Å². The van der Waals surface area contributed by atoms with Crippen LogP contribution in [-0.2, 0) is 16.2 Å². The van der Waals surface area contributed by atoms with Gasteiger partial charge in [-0.1, -0.05) is 56.1 Å². The van der Waals surface area contributed by atoms with Crippen LogP contribution in [0.25, 0.3) is 11.3 Å². The van der Waals surface area contributed by atoms with Gasteiger partial charge in [0, 0.05) is 35.7 Å². The van der Waals surface area contributed by atoms with Crippen molar-refractivity contribution < 1.29 is 14.6 Å². The highest BCUT2D eigenvalue weighted by molar-refractivity contribution is 6.30. The Bertz CT molecular complexity index is 1100. The summed E-state index contributed by atoms with van der Waals surface area (Å²) in [5, 5.41) is 0.697. The molecule has 6 nitrogen and oxygen atoms in total. The van der Waals surface area contributed by atoms with Gasteiger partial charge in [-0.05, 0) is 56.0 Å². The molecule has 0 aliphatic rings. The van der Waals surface area contributed by atoms with E-state index in [0.717, 1.165) is 59.6 Å². The normalized spacial score (nSPS) is 10.7. The van der Waals surface area contributed by atoms with Gasteiger partial charge in [-0.2, -0.15) is 0 Å². The Morgan fingerprint density at radius 2 is 1.79 bits per heavy atom. The van der Waals surface area contributed by atoms with Crippen LogP contribution in [0.5, 0.6) is 5.75 Å². The lowest BCUT2D eigenvalue weighted by molar-refractivity contribution is -0.214. The van der Waals surface area contributed by atoms with E-state index in [1.54, 1.807) is 6.33 Å². The molecule has 2 aromatic carbocycles. The fourth-order valence-electron chi connectivity index (χ4n) is 3.73. The SMILES string of the molecule is CCCCN(Cc1ccc(OOC(=O)CCC)c(C)c1)c1ncnc(-c2ccc(Cl)cc2)c1C. The molecule has 0 fully saturated rings. The molecule has 1 heterocycles. The number of rotatable bonds is 11. The fourth-order valence-corrected chi connectivity index (χ4v) is 3.85. The molecule has 7 heteroatoms. The molecule has 0 aliphatic heterocycles. The third kappa shape index (κ3) is 6.70. The molecular weight excluding hydrogens is 450 g/mol. The van der Waals surface area contributed by atoms with Crippen LogP contribution in [0.3, 0.4) is 0 Å². The predicted molar refractivity (Wildman–Crippen MR) is 136 cm³/mol. The summed E-state index contributed by atoms with van der Waals surface area (Å²) in [4.78, 5) is 33.2. The summed E-state index contributed by atoms with van der Waals surface area (Å²) < 4.78 is 0. The average Bonchev–Trinajstić information content (AvgIpc) is 2.82. The van der Waals surface area contributed by atoms with Gasteiger partial charge in [0.15, 0.2) is 5.75 Å². The van der Waals surface area contributed by atoms with Gasteiger partial charge in [0.2, 0.25) is 0 Å². The fraction of sp³-hybridized carbons (Fsp3) is 0.370. The first kappa shape index (κ1) is 25.5. The molecule has 0 aliphatic carbocycles. The van der Waals surface area contributed by atoms with Crippen molar-refractivity contribution in [1.82, 2.24) is 9.97 Å². The maximum Gasteiger partial charge on any atom is 0.355 e. The minimum atomic E-state index is -0.368. The van der Waals surface area contributed by atoms with Crippen molar-refractivity contribution in [2.24, 2.45) is 0 Å². The van der Waals surface area contributed by atoms with Crippen LogP contribution >= 0.6 is 11.6 Å². The highest BCUT2D eigenvalue weighted by Crippen LogP contribution is 2.29. The molecule has 0 unspecified atom stereocenters. The van der Waals surface area contributed by atoms with Gasteiger partial charge in [-0.3, -0.25) is 9.78 Å². The number of halogens is 1. The van der Waals surface area contributed by atoms with Gasteiger partial charge >= 0.3 is 5.97 Å². The number of unbranched alkanes of at least 4 members (excludes halogenated alkanes) is 1. The van der Waals surface area contributed by atoms with Crippen molar-refractivity contribution >= 4 is 23.4 Å². The zero-order valence-corrected chi connectivity index (χ0v) is 21.1. The molecule has 1 aromatic heterocycles. The van der Waals surface area contributed by atoms with E-state index in [4.69, 9.17) is 21.4 Å². The number of anilines is 1. The van der Waals surface area contributed by atoms with Gasteiger partial charge in [-0.25, -0.2) is 14.8 Å². The first-order chi connectivity index (χ1) is 16.4. The number of nitrogens with zero attached hydrogens (tertiary/aromatic N) is 3. The van der Waals surface area contributed by atoms with Gasteiger partial charge in [0.1, 0.15) is 12.1 Å². The van der Waals surface area contributed by atoms with Gasteiger partial charge in [0.25, 0.3) is 0 Å². The second-order valence-electron chi connectivity index (χ2n) is 8.34. The molecule has 0 saturated carbocycles. The van der Waals surface area contributed by atoms with Crippen molar-refractivity contribution in [1.29, 1.82) is 0 Å². The molecule has 0 saturated heterocycles. The monoisotopic (exact) mass is 481 g/mol. The number of carbonyl (C=O) groups is 1. The number of hydrogen-bond acceptors (Lipinski definition) is 6. The third-order valence-corrected chi connectivity index (χ3v) is 5.80. The molecule has 3 rings (SSSR count). The van der Waals surface area contributed by atoms with E-state index in [2.05, 4.69) is 34.8 Å². The standard InChI is InChI=1S/C27H32ClN3O3/c1-5-7-15-31(17-21-9-14-24(19(3)16-21)33-34-25(32)8-6-2)27-20(4)26(29-18-30-27)22-10-12-23(28)13-11-22/h9-14,16,18H,5-8,15,17H2,1-4H3. The highest BCUT2D eigenvalue weighted by atomic mass is 35.5. The van der Waals surface area contributed by atoms with E-state index in [9.17, 15) is 4.79 Å². The van der Waals surface area contributed by atoms with Crippen LogP contribution in [0.15, 0.2) is 48.8 Å². The molecular formula is C27H32ClN3O3. The molecule has 0 amide bonds. The lowest BCUT2D eigenvalue weighted by atomic mass is 10.1. The Labute approximate surface area is 206 Å². The Hall–Kier alpha value is -3.12. The number of aromatic nitrogens is 2. The number of carbonyl (C=O) groups excluding carboxylic acids is 1. The van der Waals surface area contributed by atoms with Crippen LogP contribution in [0, 0.1) is 13.8 Å². The molecule has 34 heavy (non-hydrogen) atoms. The minimum absolute atomic E-state index is 0.333. The van der Waals surface area contributed by atoms with Crippen molar-refractivity contribution in [3.63, 3.8) is 0 Å². The Balaban J connectivity index is 1.83. The molecule has 0 radical (unpaired) electrons. The maximum absolute atomic E-state index is 11.6. The first-order valence-electron chi connectivity index (χ1n) is 11.7. The summed E-state index contributed by atoms with van der Waals surface area (Å²) in [6.45, 7) is 9.67. The van der Waals surface area contributed by atoms with Crippen LogP contribution in [0.2, 0.25) is 5.02 Å². The summed E-state index contributed by atoms with van der Waals surface area (Å²) >= 11 is 6.07. The van der Waals surface area contributed by atoms with E-state index in [1.165, 1.54) is 0 Å². The molecule has 0 atom stereocenters. The molecule has 3 aromatic rings. The first-order valence-corrected chi connectivity index (χ1v) is 12.1. The lowest BCUT2D eigenvalue weighted by Crippen LogP contribution is -2.26. The van der Waals surface area contributed by atoms with Gasteiger partial charge < -0.3 is 4.90 Å². The Morgan fingerprint density at radius 1 is 1.03 bits per heavy atom.